The molecule has 1 saturated heterocycles. The first-order valence-electron chi connectivity index (χ1n) is 7.53. The molecule has 1 aliphatic heterocycles. The second-order valence-electron chi connectivity index (χ2n) is 5.71. The summed E-state index contributed by atoms with van der Waals surface area (Å²) in [4.78, 5) is 17.5. The molecule has 1 unspecified atom stereocenters. The molecule has 5 heteroatoms. The minimum atomic E-state index is 0.0188. The molecule has 0 aliphatic carbocycles. The molecule has 22 heavy (non-hydrogen) atoms. The summed E-state index contributed by atoms with van der Waals surface area (Å²) in [5.41, 5.74) is 1.83. The van der Waals surface area contributed by atoms with Crippen molar-refractivity contribution >= 4 is 22.7 Å². The average Bonchev–Trinajstić information content (AvgIpc) is 3.01. The molecule has 0 N–H and O–H groups in total. The van der Waals surface area contributed by atoms with Crippen LogP contribution >= 0.6 is 11.8 Å². The number of nitrogens with zero attached hydrogens (tertiary/aromatic N) is 2. The summed E-state index contributed by atoms with van der Waals surface area (Å²) < 4.78 is 7.46. The predicted octanol–water partition coefficient (Wildman–Crippen LogP) is 3.24. The Balaban J connectivity index is 2.03. The molecule has 4 nitrogen and oxygen atoms in total. The number of hydrogen-bond acceptors (Lipinski definition) is 4. The number of rotatable bonds is 5. The highest BCUT2D eigenvalue weighted by Crippen LogP contribution is 2.22. The normalized spacial score (nSPS) is 18.0. The Bertz CT molecular complexity index is 748. The van der Waals surface area contributed by atoms with Gasteiger partial charge in [0.15, 0.2) is 5.16 Å². The van der Waals surface area contributed by atoms with Crippen LogP contribution in [-0.2, 0) is 11.3 Å². The van der Waals surface area contributed by atoms with Gasteiger partial charge in [0.05, 0.1) is 23.6 Å². The molecule has 1 fully saturated rings. The van der Waals surface area contributed by atoms with Crippen molar-refractivity contribution in [3.8, 4) is 0 Å². The zero-order valence-electron chi connectivity index (χ0n) is 12.7. The van der Waals surface area contributed by atoms with Crippen LogP contribution in [0.3, 0.4) is 0 Å². The van der Waals surface area contributed by atoms with Crippen molar-refractivity contribution in [1.29, 1.82) is 0 Å². The van der Waals surface area contributed by atoms with Gasteiger partial charge in [-0.05, 0) is 31.9 Å². The maximum Gasteiger partial charge on any atom is 0.262 e. The summed E-state index contributed by atoms with van der Waals surface area (Å²) in [5.74, 6) is 0.760. The van der Waals surface area contributed by atoms with Crippen LogP contribution in [-0.4, -0.2) is 28.0 Å². The Labute approximate surface area is 134 Å². The Morgan fingerprint density at radius 3 is 3.05 bits per heavy atom. The highest BCUT2D eigenvalue weighted by molar-refractivity contribution is 7.99. The van der Waals surface area contributed by atoms with Gasteiger partial charge in [-0.25, -0.2) is 4.98 Å². The molecule has 0 saturated carbocycles. The van der Waals surface area contributed by atoms with E-state index in [1.165, 1.54) is 0 Å². The van der Waals surface area contributed by atoms with Gasteiger partial charge in [0.2, 0.25) is 0 Å². The van der Waals surface area contributed by atoms with E-state index >= 15 is 0 Å². The van der Waals surface area contributed by atoms with Crippen molar-refractivity contribution in [3.05, 3.63) is 46.8 Å². The molecular formula is C17H20N2O2S. The number of hydrogen-bond donors (Lipinski definition) is 0. The summed E-state index contributed by atoms with van der Waals surface area (Å²) in [6.07, 6.45) is 2.18. The first-order valence-corrected chi connectivity index (χ1v) is 8.52. The van der Waals surface area contributed by atoms with Gasteiger partial charge in [-0.1, -0.05) is 36.0 Å². The van der Waals surface area contributed by atoms with Crippen LogP contribution in [0.5, 0.6) is 0 Å². The van der Waals surface area contributed by atoms with Crippen molar-refractivity contribution in [2.24, 2.45) is 0 Å². The van der Waals surface area contributed by atoms with E-state index in [2.05, 4.69) is 11.6 Å². The lowest BCUT2D eigenvalue weighted by Gasteiger charge is -2.16. The Morgan fingerprint density at radius 2 is 2.32 bits per heavy atom. The molecule has 116 valence electrons. The van der Waals surface area contributed by atoms with Crippen LogP contribution < -0.4 is 5.56 Å². The first kappa shape index (κ1) is 15.3. The van der Waals surface area contributed by atoms with Crippen molar-refractivity contribution in [3.63, 3.8) is 0 Å². The zero-order chi connectivity index (χ0) is 15.5. The van der Waals surface area contributed by atoms with Gasteiger partial charge >= 0.3 is 0 Å². The quantitative estimate of drug-likeness (QED) is 0.482. The standard InChI is InChI=1S/C17H20N2O2S/c1-12(2)11-22-17-18-15-8-4-3-7-14(15)16(20)19(17)10-13-6-5-9-21-13/h3-4,7-8,13H,1,5-6,9-11H2,2H3. The number of benzene rings is 1. The van der Waals surface area contributed by atoms with Gasteiger partial charge in [0, 0.05) is 12.4 Å². The lowest BCUT2D eigenvalue weighted by molar-refractivity contribution is 0.0937. The van der Waals surface area contributed by atoms with Gasteiger partial charge in [0.1, 0.15) is 0 Å². The summed E-state index contributed by atoms with van der Waals surface area (Å²) in [5, 5.41) is 1.42. The van der Waals surface area contributed by atoms with Crippen LogP contribution in [0.25, 0.3) is 10.9 Å². The van der Waals surface area contributed by atoms with Gasteiger partial charge in [-0.2, -0.15) is 0 Å². The van der Waals surface area contributed by atoms with Gasteiger partial charge in [0.25, 0.3) is 5.56 Å². The van der Waals surface area contributed by atoms with E-state index in [1.807, 2.05) is 31.2 Å². The Hall–Kier alpha value is -1.59. The van der Waals surface area contributed by atoms with Gasteiger partial charge < -0.3 is 4.74 Å². The van der Waals surface area contributed by atoms with E-state index in [0.717, 1.165) is 41.4 Å². The molecule has 1 atom stereocenters. The lowest BCUT2D eigenvalue weighted by Crippen LogP contribution is -2.28. The topological polar surface area (TPSA) is 44.1 Å². The van der Waals surface area contributed by atoms with Crippen molar-refractivity contribution < 1.29 is 4.74 Å². The number of ether oxygens (including phenoxy) is 1. The first-order chi connectivity index (χ1) is 10.6. The fourth-order valence-corrected chi connectivity index (χ4v) is 3.45. The lowest BCUT2D eigenvalue weighted by atomic mass is 10.2. The second-order valence-corrected chi connectivity index (χ2v) is 6.65. The smallest absolute Gasteiger partial charge is 0.262 e. The summed E-state index contributed by atoms with van der Waals surface area (Å²) in [6, 6.07) is 7.51. The zero-order valence-corrected chi connectivity index (χ0v) is 13.6. The molecule has 0 spiro atoms. The maximum atomic E-state index is 12.8. The minimum Gasteiger partial charge on any atom is -0.376 e. The molecule has 2 heterocycles. The van der Waals surface area contributed by atoms with Crippen LogP contribution in [0.15, 0.2) is 46.4 Å². The molecule has 1 aromatic heterocycles. The minimum absolute atomic E-state index is 0.0188. The molecule has 0 amide bonds. The third-order valence-corrected chi connectivity index (χ3v) is 4.89. The van der Waals surface area contributed by atoms with Crippen LogP contribution in [0.1, 0.15) is 19.8 Å². The molecule has 3 rings (SSSR count). The highest BCUT2D eigenvalue weighted by Gasteiger charge is 2.20. The SMILES string of the molecule is C=C(C)CSc1nc2ccccc2c(=O)n1CC1CCCO1. The van der Waals surface area contributed by atoms with Crippen molar-refractivity contribution in [1.82, 2.24) is 9.55 Å². The van der Waals surface area contributed by atoms with E-state index in [9.17, 15) is 4.79 Å². The third-order valence-electron chi connectivity index (χ3n) is 3.68. The number of thioether (sulfide) groups is 1. The van der Waals surface area contributed by atoms with Crippen LogP contribution in [0, 0.1) is 0 Å². The van der Waals surface area contributed by atoms with Crippen molar-refractivity contribution in [2.75, 3.05) is 12.4 Å². The third kappa shape index (κ3) is 3.25. The fourth-order valence-electron chi connectivity index (χ4n) is 2.60. The number of fused-ring (bicyclic) bond motifs is 1. The van der Waals surface area contributed by atoms with Gasteiger partial charge in [-0.3, -0.25) is 9.36 Å². The van der Waals surface area contributed by atoms with Crippen molar-refractivity contribution in [2.45, 2.75) is 37.6 Å². The van der Waals surface area contributed by atoms with E-state index in [0.29, 0.717) is 11.9 Å². The Kier molecular flexibility index (Phi) is 4.64. The molecule has 1 aromatic carbocycles. The van der Waals surface area contributed by atoms with Gasteiger partial charge in [-0.15, -0.1) is 0 Å². The summed E-state index contributed by atoms with van der Waals surface area (Å²) in [7, 11) is 0. The largest absolute Gasteiger partial charge is 0.376 e. The van der Waals surface area contributed by atoms with Crippen LogP contribution in [0.4, 0.5) is 0 Å². The highest BCUT2D eigenvalue weighted by atomic mass is 32.2. The predicted molar refractivity (Wildman–Crippen MR) is 90.5 cm³/mol. The molecule has 0 bridgehead atoms. The monoisotopic (exact) mass is 316 g/mol. The molecular weight excluding hydrogens is 296 g/mol. The average molecular weight is 316 g/mol. The molecule has 2 aromatic rings. The number of para-hydroxylation sites is 1. The van der Waals surface area contributed by atoms with E-state index in [1.54, 1.807) is 16.3 Å². The van der Waals surface area contributed by atoms with E-state index in [4.69, 9.17) is 4.74 Å². The molecule has 1 aliphatic rings. The molecule has 0 radical (unpaired) electrons. The summed E-state index contributed by atoms with van der Waals surface area (Å²) in [6.45, 7) is 7.27. The maximum absolute atomic E-state index is 12.8. The Morgan fingerprint density at radius 1 is 1.50 bits per heavy atom. The fraction of sp³-hybridized carbons (Fsp3) is 0.412. The second kappa shape index (κ2) is 6.67. The summed E-state index contributed by atoms with van der Waals surface area (Å²) >= 11 is 1.56. The van der Waals surface area contributed by atoms with E-state index in [-0.39, 0.29) is 11.7 Å². The van der Waals surface area contributed by atoms with E-state index < -0.39 is 0 Å². The van der Waals surface area contributed by atoms with Crippen LogP contribution in [0.2, 0.25) is 0 Å². The number of aromatic nitrogens is 2.